The van der Waals surface area contributed by atoms with E-state index in [2.05, 4.69) is 10.6 Å². The van der Waals surface area contributed by atoms with Gasteiger partial charge < -0.3 is 24.5 Å². The monoisotopic (exact) mass is 348 g/mol. The van der Waals surface area contributed by atoms with Gasteiger partial charge in [0.25, 0.3) is 0 Å². The summed E-state index contributed by atoms with van der Waals surface area (Å²) in [5.41, 5.74) is 0.473. The topological polar surface area (TPSA) is 107 Å². The van der Waals surface area contributed by atoms with Gasteiger partial charge in [0.2, 0.25) is 0 Å². The zero-order valence-corrected chi connectivity index (χ0v) is 14.0. The van der Waals surface area contributed by atoms with Crippen LogP contribution in [0.4, 0.5) is 4.79 Å². The van der Waals surface area contributed by atoms with Crippen LogP contribution < -0.4 is 10.6 Å². The number of carbonyl (C=O) groups excluding carboxylic acids is 3. The van der Waals surface area contributed by atoms with Crippen LogP contribution in [0.1, 0.15) is 26.0 Å². The quantitative estimate of drug-likeness (QED) is 0.574. The van der Waals surface area contributed by atoms with E-state index in [1.807, 2.05) is 6.92 Å². The Bertz CT molecular complexity index is 690. The second-order valence-electron chi connectivity index (χ2n) is 5.13. The van der Waals surface area contributed by atoms with Gasteiger partial charge in [-0.05, 0) is 31.6 Å². The van der Waals surface area contributed by atoms with E-state index in [1.54, 1.807) is 19.1 Å². The van der Waals surface area contributed by atoms with E-state index in [4.69, 9.17) is 13.9 Å². The molecule has 8 nitrogen and oxygen atoms in total. The molecule has 25 heavy (non-hydrogen) atoms. The normalized spacial score (nSPS) is 17.2. The molecule has 0 radical (unpaired) electrons. The molecule has 2 amide bonds. The molecule has 0 unspecified atom stereocenters. The van der Waals surface area contributed by atoms with Crippen molar-refractivity contribution in [3.8, 4) is 0 Å². The van der Waals surface area contributed by atoms with Gasteiger partial charge >= 0.3 is 18.0 Å². The van der Waals surface area contributed by atoms with Crippen LogP contribution in [0.2, 0.25) is 0 Å². The van der Waals surface area contributed by atoms with Gasteiger partial charge in [0.15, 0.2) is 0 Å². The molecule has 1 aromatic rings. The Morgan fingerprint density at radius 2 is 2.12 bits per heavy atom. The summed E-state index contributed by atoms with van der Waals surface area (Å²) in [7, 11) is 0. The summed E-state index contributed by atoms with van der Waals surface area (Å²) < 4.78 is 15.2. The third kappa shape index (κ3) is 4.97. The van der Waals surface area contributed by atoms with Crippen molar-refractivity contribution in [1.82, 2.24) is 10.6 Å². The molecule has 0 saturated carbocycles. The van der Waals surface area contributed by atoms with Crippen LogP contribution >= 0.6 is 0 Å². The Labute approximate surface area is 144 Å². The number of nitrogens with one attached hydrogen (secondary N) is 2. The summed E-state index contributed by atoms with van der Waals surface area (Å²) in [6.45, 7) is 3.46. The number of rotatable bonds is 7. The summed E-state index contributed by atoms with van der Waals surface area (Å²) in [5.74, 6) is -0.684. The third-order valence-electron chi connectivity index (χ3n) is 3.43. The summed E-state index contributed by atoms with van der Waals surface area (Å²) in [4.78, 5) is 35.7. The number of esters is 2. The highest BCUT2D eigenvalue weighted by atomic mass is 16.5. The van der Waals surface area contributed by atoms with Gasteiger partial charge in [0.1, 0.15) is 12.4 Å². The maximum Gasteiger partial charge on any atom is 0.338 e. The first kappa shape index (κ1) is 18.3. The van der Waals surface area contributed by atoms with Crippen LogP contribution in [0.15, 0.2) is 40.2 Å². The number of hydrogen-bond donors (Lipinski definition) is 2. The van der Waals surface area contributed by atoms with E-state index < -0.39 is 24.0 Å². The maximum atomic E-state index is 12.2. The average Bonchev–Trinajstić information content (AvgIpc) is 3.11. The molecule has 8 heteroatoms. The molecule has 0 fully saturated rings. The minimum atomic E-state index is -0.632. The Hall–Kier alpha value is -3.03. The highest BCUT2D eigenvalue weighted by molar-refractivity contribution is 5.95. The van der Waals surface area contributed by atoms with Crippen LogP contribution in [0, 0.1) is 0 Å². The first-order chi connectivity index (χ1) is 12.0. The lowest BCUT2D eigenvalue weighted by molar-refractivity contribution is -0.140. The SMILES string of the molecule is CCOC(=O)C1=C(COC(=O)/C=C/c2ccco2)NC(=O)N[C@@H]1CC. The van der Waals surface area contributed by atoms with E-state index in [-0.39, 0.29) is 24.5 Å². The fourth-order valence-electron chi connectivity index (χ4n) is 2.30. The van der Waals surface area contributed by atoms with Gasteiger partial charge in [-0.25, -0.2) is 14.4 Å². The van der Waals surface area contributed by atoms with Crippen LogP contribution in [0.25, 0.3) is 6.08 Å². The molecular weight excluding hydrogens is 328 g/mol. The minimum Gasteiger partial charge on any atom is -0.465 e. The van der Waals surface area contributed by atoms with Gasteiger partial charge in [-0.2, -0.15) is 0 Å². The van der Waals surface area contributed by atoms with Crippen molar-refractivity contribution in [3.63, 3.8) is 0 Å². The third-order valence-corrected chi connectivity index (χ3v) is 3.43. The molecule has 1 aromatic heterocycles. The molecule has 2 rings (SSSR count). The van der Waals surface area contributed by atoms with Gasteiger partial charge in [0, 0.05) is 6.08 Å². The van der Waals surface area contributed by atoms with Gasteiger partial charge in [-0.1, -0.05) is 6.92 Å². The molecule has 134 valence electrons. The summed E-state index contributed by atoms with van der Waals surface area (Å²) in [6.07, 6.45) is 4.64. The molecule has 2 N–H and O–H groups in total. The van der Waals surface area contributed by atoms with E-state index >= 15 is 0 Å². The second kappa shape index (κ2) is 8.72. The van der Waals surface area contributed by atoms with E-state index in [0.29, 0.717) is 12.2 Å². The molecule has 0 bridgehead atoms. The minimum absolute atomic E-state index is 0.200. The van der Waals surface area contributed by atoms with Gasteiger partial charge in [-0.15, -0.1) is 0 Å². The highest BCUT2D eigenvalue weighted by Crippen LogP contribution is 2.17. The average molecular weight is 348 g/mol. The lowest BCUT2D eigenvalue weighted by atomic mass is 10.0. The number of furan rings is 1. The Balaban J connectivity index is 2.10. The van der Waals surface area contributed by atoms with Crippen molar-refractivity contribution in [2.24, 2.45) is 0 Å². The lowest BCUT2D eigenvalue weighted by Gasteiger charge is -2.28. The van der Waals surface area contributed by atoms with E-state index in [9.17, 15) is 14.4 Å². The first-order valence-corrected chi connectivity index (χ1v) is 7.91. The zero-order valence-electron chi connectivity index (χ0n) is 14.0. The van der Waals surface area contributed by atoms with Crippen molar-refractivity contribution in [2.75, 3.05) is 13.2 Å². The molecular formula is C17H20N2O6. The number of amides is 2. The van der Waals surface area contributed by atoms with Crippen molar-refractivity contribution < 1.29 is 28.3 Å². The standard InChI is InChI=1S/C17H20N2O6/c1-3-12-15(16(21)23-4-2)13(19-17(22)18-12)10-25-14(20)8-7-11-6-5-9-24-11/h5-9,12H,3-4,10H2,1-2H3,(H2,18,19,22)/b8-7+/t12-/m1/s1. The predicted octanol–water partition coefficient (Wildman–Crippen LogP) is 1.74. The van der Waals surface area contributed by atoms with Crippen LogP contribution in [0.3, 0.4) is 0 Å². The highest BCUT2D eigenvalue weighted by Gasteiger charge is 2.31. The van der Waals surface area contributed by atoms with Crippen LogP contribution in [-0.2, 0) is 19.1 Å². The zero-order chi connectivity index (χ0) is 18.2. The van der Waals surface area contributed by atoms with E-state index in [0.717, 1.165) is 0 Å². The van der Waals surface area contributed by atoms with Crippen molar-refractivity contribution in [1.29, 1.82) is 0 Å². The van der Waals surface area contributed by atoms with Crippen LogP contribution in [0.5, 0.6) is 0 Å². The summed E-state index contributed by atoms with van der Waals surface area (Å²) in [5, 5.41) is 5.15. The largest absolute Gasteiger partial charge is 0.465 e. The molecule has 0 spiro atoms. The van der Waals surface area contributed by atoms with Crippen molar-refractivity contribution >= 4 is 24.0 Å². The molecule has 2 heterocycles. The molecule has 1 aliphatic rings. The Morgan fingerprint density at radius 1 is 1.32 bits per heavy atom. The molecule has 0 aromatic carbocycles. The smallest absolute Gasteiger partial charge is 0.338 e. The number of carbonyl (C=O) groups is 3. The molecule has 1 atom stereocenters. The van der Waals surface area contributed by atoms with Crippen molar-refractivity contribution in [2.45, 2.75) is 26.3 Å². The number of urea groups is 1. The molecule has 0 saturated heterocycles. The van der Waals surface area contributed by atoms with E-state index in [1.165, 1.54) is 18.4 Å². The van der Waals surface area contributed by atoms with Crippen LogP contribution in [-0.4, -0.2) is 37.2 Å². The predicted molar refractivity (Wildman–Crippen MR) is 88.1 cm³/mol. The van der Waals surface area contributed by atoms with Crippen molar-refractivity contribution in [3.05, 3.63) is 41.5 Å². The van der Waals surface area contributed by atoms with Gasteiger partial charge in [0.05, 0.1) is 30.2 Å². The number of ether oxygens (including phenoxy) is 2. The second-order valence-corrected chi connectivity index (χ2v) is 5.13. The summed E-state index contributed by atoms with van der Waals surface area (Å²) in [6, 6.07) is 2.42. The molecule has 0 aliphatic carbocycles. The molecule has 1 aliphatic heterocycles. The first-order valence-electron chi connectivity index (χ1n) is 7.91. The fourth-order valence-corrected chi connectivity index (χ4v) is 2.30. The lowest BCUT2D eigenvalue weighted by Crippen LogP contribution is -2.51. The van der Waals surface area contributed by atoms with Gasteiger partial charge in [-0.3, -0.25) is 0 Å². The Morgan fingerprint density at radius 3 is 2.76 bits per heavy atom. The summed E-state index contributed by atoms with van der Waals surface area (Å²) >= 11 is 0. The Kier molecular flexibility index (Phi) is 6.39. The maximum absolute atomic E-state index is 12.2. The number of hydrogen-bond acceptors (Lipinski definition) is 6. The fraction of sp³-hybridized carbons (Fsp3) is 0.353.